The third-order valence-electron chi connectivity index (χ3n) is 4.56. The number of amides is 1. The van der Waals surface area contributed by atoms with Crippen molar-refractivity contribution in [2.75, 3.05) is 14.2 Å². The van der Waals surface area contributed by atoms with Gasteiger partial charge in [0.2, 0.25) is 0 Å². The Kier molecular flexibility index (Phi) is 5.60. The molecule has 27 heavy (non-hydrogen) atoms. The van der Waals surface area contributed by atoms with E-state index in [1.165, 1.54) is 0 Å². The van der Waals surface area contributed by atoms with E-state index < -0.39 is 0 Å². The highest BCUT2D eigenvalue weighted by molar-refractivity contribution is 5.94. The molecule has 0 saturated heterocycles. The van der Waals surface area contributed by atoms with E-state index in [0.717, 1.165) is 28.3 Å². The summed E-state index contributed by atoms with van der Waals surface area (Å²) in [5, 5.41) is 4.48. The molecule has 5 heteroatoms. The molecule has 1 heterocycles. The first-order valence-corrected chi connectivity index (χ1v) is 8.94. The summed E-state index contributed by atoms with van der Waals surface area (Å²) >= 11 is 0. The van der Waals surface area contributed by atoms with Crippen molar-refractivity contribution in [1.29, 1.82) is 0 Å². The molecule has 0 bridgehead atoms. The SMILES string of the molecule is COc1ccc(CN(C)C(=O)c2ccc(Cn3nc(C)cc3C)cc2)cc1. The maximum absolute atomic E-state index is 12.7. The second-order valence-corrected chi connectivity index (χ2v) is 6.79. The largest absolute Gasteiger partial charge is 0.497 e. The fraction of sp³-hybridized carbons (Fsp3) is 0.273. The Morgan fingerprint density at radius 2 is 1.67 bits per heavy atom. The molecule has 0 aliphatic heterocycles. The third-order valence-corrected chi connectivity index (χ3v) is 4.56. The fourth-order valence-electron chi connectivity index (χ4n) is 3.06. The summed E-state index contributed by atoms with van der Waals surface area (Å²) in [7, 11) is 3.46. The highest BCUT2D eigenvalue weighted by atomic mass is 16.5. The Bertz CT molecular complexity index is 912. The lowest BCUT2D eigenvalue weighted by Gasteiger charge is -2.18. The highest BCUT2D eigenvalue weighted by Crippen LogP contribution is 2.15. The number of rotatable bonds is 6. The first kappa shape index (κ1) is 18.7. The summed E-state index contributed by atoms with van der Waals surface area (Å²) in [5.74, 6) is 0.814. The minimum atomic E-state index is 0.00322. The van der Waals surface area contributed by atoms with Crippen molar-refractivity contribution in [3.05, 3.63) is 82.7 Å². The van der Waals surface area contributed by atoms with Gasteiger partial charge in [-0.2, -0.15) is 5.10 Å². The van der Waals surface area contributed by atoms with Gasteiger partial charge in [-0.1, -0.05) is 24.3 Å². The van der Waals surface area contributed by atoms with Gasteiger partial charge >= 0.3 is 0 Å². The Morgan fingerprint density at radius 3 is 2.22 bits per heavy atom. The fourth-order valence-corrected chi connectivity index (χ4v) is 3.06. The minimum Gasteiger partial charge on any atom is -0.497 e. The van der Waals surface area contributed by atoms with Gasteiger partial charge in [0.25, 0.3) is 5.91 Å². The van der Waals surface area contributed by atoms with Crippen molar-refractivity contribution in [2.24, 2.45) is 0 Å². The second kappa shape index (κ2) is 8.08. The van der Waals surface area contributed by atoms with Gasteiger partial charge < -0.3 is 9.64 Å². The summed E-state index contributed by atoms with van der Waals surface area (Å²) in [6, 6.07) is 17.6. The van der Waals surface area contributed by atoms with Crippen molar-refractivity contribution in [3.63, 3.8) is 0 Å². The van der Waals surface area contributed by atoms with Crippen molar-refractivity contribution in [1.82, 2.24) is 14.7 Å². The quantitative estimate of drug-likeness (QED) is 0.669. The van der Waals surface area contributed by atoms with Crippen LogP contribution in [0.2, 0.25) is 0 Å². The summed E-state index contributed by atoms with van der Waals surface area (Å²) in [6.07, 6.45) is 0. The van der Waals surface area contributed by atoms with Crippen molar-refractivity contribution in [3.8, 4) is 5.75 Å². The zero-order valence-corrected chi connectivity index (χ0v) is 16.3. The molecule has 2 aromatic carbocycles. The van der Waals surface area contributed by atoms with Crippen LogP contribution in [0, 0.1) is 13.8 Å². The van der Waals surface area contributed by atoms with Gasteiger partial charge in [0.1, 0.15) is 5.75 Å². The average molecular weight is 363 g/mol. The van der Waals surface area contributed by atoms with E-state index in [0.29, 0.717) is 18.7 Å². The molecule has 0 spiro atoms. The van der Waals surface area contributed by atoms with E-state index in [1.807, 2.05) is 74.1 Å². The lowest BCUT2D eigenvalue weighted by atomic mass is 10.1. The molecular formula is C22H25N3O2. The molecule has 3 aromatic rings. The van der Waals surface area contributed by atoms with Crippen LogP contribution in [0.5, 0.6) is 5.75 Å². The Morgan fingerprint density at radius 1 is 1.04 bits per heavy atom. The van der Waals surface area contributed by atoms with Crippen LogP contribution in [0.3, 0.4) is 0 Å². The van der Waals surface area contributed by atoms with E-state index in [2.05, 4.69) is 11.2 Å². The van der Waals surface area contributed by atoms with E-state index in [1.54, 1.807) is 12.0 Å². The molecule has 0 radical (unpaired) electrons. The monoisotopic (exact) mass is 363 g/mol. The van der Waals surface area contributed by atoms with Gasteiger partial charge in [-0.25, -0.2) is 0 Å². The van der Waals surface area contributed by atoms with Gasteiger partial charge in [-0.05, 0) is 55.3 Å². The Hall–Kier alpha value is -3.08. The number of ether oxygens (including phenoxy) is 1. The predicted octanol–water partition coefficient (Wildman–Crippen LogP) is 3.83. The molecule has 1 aromatic heterocycles. The van der Waals surface area contributed by atoms with Crippen LogP contribution >= 0.6 is 0 Å². The van der Waals surface area contributed by atoms with Crippen molar-refractivity contribution in [2.45, 2.75) is 26.9 Å². The van der Waals surface area contributed by atoms with E-state index in [4.69, 9.17) is 4.74 Å². The van der Waals surface area contributed by atoms with Crippen LogP contribution in [0.1, 0.15) is 32.9 Å². The maximum Gasteiger partial charge on any atom is 0.253 e. The lowest BCUT2D eigenvalue weighted by molar-refractivity contribution is 0.0785. The Labute approximate surface area is 160 Å². The van der Waals surface area contributed by atoms with E-state index in [9.17, 15) is 4.79 Å². The number of methoxy groups -OCH3 is 1. The molecule has 0 saturated carbocycles. The molecule has 0 unspecified atom stereocenters. The first-order valence-electron chi connectivity index (χ1n) is 8.94. The van der Waals surface area contributed by atoms with Crippen LogP contribution in [0.25, 0.3) is 0 Å². The molecule has 5 nitrogen and oxygen atoms in total. The predicted molar refractivity (Wildman–Crippen MR) is 106 cm³/mol. The molecule has 1 amide bonds. The number of nitrogens with zero attached hydrogens (tertiary/aromatic N) is 3. The molecule has 0 aliphatic rings. The molecule has 140 valence electrons. The smallest absolute Gasteiger partial charge is 0.253 e. The standard InChI is InChI=1S/C22H25N3O2/c1-16-13-17(2)25(23-16)15-19-5-9-20(10-6-19)22(26)24(3)14-18-7-11-21(27-4)12-8-18/h5-13H,14-15H2,1-4H3. The minimum absolute atomic E-state index is 0.00322. The number of aryl methyl sites for hydroxylation is 2. The molecule has 0 atom stereocenters. The molecule has 0 N–H and O–H groups in total. The van der Waals surface area contributed by atoms with Crippen LogP contribution in [0.15, 0.2) is 54.6 Å². The maximum atomic E-state index is 12.7. The Balaban J connectivity index is 1.64. The van der Waals surface area contributed by atoms with Crippen LogP contribution in [-0.2, 0) is 13.1 Å². The van der Waals surface area contributed by atoms with E-state index >= 15 is 0 Å². The van der Waals surface area contributed by atoms with Gasteiger partial charge in [-0.3, -0.25) is 9.48 Å². The van der Waals surface area contributed by atoms with Gasteiger partial charge in [-0.15, -0.1) is 0 Å². The molecule has 0 aliphatic carbocycles. The molecule has 0 fully saturated rings. The number of hydrogen-bond donors (Lipinski definition) is 0. The number of hydrogen-bond acceptors (Lipinski definition) is 3. The highest BCUT2D eigenvalue weighted by Gasteiger charge is 2.12. The first-order chi connectivity index (χ1) is 13.0. The van der Waals surface area contributed by atoms with Gasteiger partial charge in [0.05, 0.1) is 19.3 Å². The third kappa shape index (κ3) is 4.56. The zero-order chi connectivity index (χ0) is 19.4. The molecular weight excluding hydrogens is 338 g/mol. The van der Waals surface area contributed by atoms with Gasteiger partial charge in [0, 0.05) is 24.8 Å². The normalized spacial score (nSPS) is 10.7. The molecule has 3 rings (SSSR count). The number of carbonyl (C=O) groups excluding carboxylic acids is 1. The lowest BCUT2D eigenvalue weighted by Crippen LogP contribution is -2.26. The zero-order valence-electron chi connectivity index (χ0n) is 16.3. The second-order valence-electron chi connectivity index (χ2n) is 6.79. The van der Waals surface area contributed by atoms with Gasteiger partial charge in [0.15, 0.2) is 0 Å². The van der Waals surface area contributed by atoms with E-state index in [-0.39, 0.29) is 5.91 Å². The van der Waals surface area contributed by atoms with Crippen molar-refractivity contribution >= 4 is 5.91 Å². The summed E-state index contributed by atoms with van der Waals surface area (Å²) in [6.45, 7) is 5.29. The number of carbonyl (C=O) groups is 1. The summed E-state index contributed by atoms with van der Waals surface area (Å²) < 4.78 is 7.14. The number of benzene rings is 2. The number of aromatic nitrogens is 2. The average Bonchev–Trinajstić information content (AvgIpc) is 2.99. The summed E-state index contributed by atoms with van der Waals surface area (Å²) in [5.41, 5.74) is 5.01. The topological polar surface area (TPSA) is 47.4 Å². The van der Waals surface area contributed by atoms with Crippen LogP contribution in [0.4, 0.5) is 0 Å². The van der Waals surface area contributed by atoms with Crippen LogP contribution in [-0.4, -0.2) is 34.7 Å². The van der Waals surface area contributed by atoms with Crippen LogP contribution < -0.4 is 4.74 Å². The van der Waals surface area contributed by atoms with Crippen molar-refractivity contribution < 1.29 is 9.53 Å². The summed E-state index contributed by atoms with van der Waals surface area (Å²) in [4.78, 5) is 14.4.